The van der Waals surface area contributed by atoms with Crippen LogP contribution in [0, 0.1) is 0 Å². The number of hydrogen-bond donors (Lipinski definition) is 1. The summed E-state index contributed by atoms with van der Waals surface area (Å²) in [7, 11) is 2.05. The van der Waals surface area contributed by atoms with E-state index in [4.69, 9.17) is 4.52 Å². The first-order chi connectivity index (χ1) is 13.7. The lowest BCUT2D eigenvalue weighted by Gasteiger charge is -2.20. The van der Waals surface area contributed by atoms with Crippen LogP contribution in [-0.4, -0.2) is 47.3 Å². The number of para-hydroxylation sites is 1. The van der Waals surface area contributed by atoms with Crippen LogP contribution in [-0.2, 0) is 13.6 Å². The number of aliphatic hydroxyl groups is 1. The van der Waals surface area contributed by atoms with Crippen molar-refractivity contribution >= 4 is 10.9 Å². The molecule has 3 aromatic heterocycles. The average molecular weight is 376 g/mol. The molecule has 0 aliphatic carbocycles. The van der Waals surface area contributed by atoms with Gasteiger partial charge in [0.1, 0.15) is 5.69 Å². The van der Waals surface area contributed by atoms with Crippen LogP contribution >= 0.6 is 0 Å². The van der Waals surface area contributed by atoms with Gasteiger partial charge in [-0.25, -0.2) is 4.98 Å². The van der Waals surface area contributed by atoms with E-state index in [2.05, 4.69) is 47.9 Å². The fourth-order valence-electron chi connectivity index (χ4n) is 3.97. The molecule has 142 valence electrons. The Morgan fingerprint density at radius 3 is 3.00 bits per heavy atom. The van der Waals surface area contributed by atoms with Crippen LogP contribution in [0.25, 0.3) is 22.4 Å². The van der Waals surface area contributed by atoms with E-state index in [1.165, 1.54) is 16.5 Å². The maximum Gasteiger partial charge on any atom is 0.244 e. The number of benzene rings is 1. The predicted octanol–water partition coefficient (Wildman–Crippen LogP) is 2.33. The number of β-amino-alcohol motifs (C(OH)–C–C–N with tert-alkyl or cyclic N) is 1. The van der Waals surface area contributed by atoms with Gasteiger partial charge in [0.15, 0.2) is 0 Å². The average Bonchev–Trinajstić information content (AvgIpc) is 3.41. The molecule has 0 spiro atoms. The molecule has 1 aromatic carbocycles. The van der Waals surface area contributed by atoms with Crippen molar-refractivity contribution in [3.63, 3.8) is 0 Å². The molecule has 4 heterocycles. The quantitative estimate of drug-likeness (QED) is 0.584. The number of aromatic nitrogens is 5. The number of aryl methyl sites for hydroxylation is 1. The standard InChI is InChI=1S/C20H20N6O2/c1-25-10-13(15-4-2-3-5-17(15)25)11-26-12-14(27)8-18(26)20-23-19(24-28-20)16-9-21-6-7-22-16/h2-7,9-10,14,18,27H,8,11-12H2,1H3/t14-,18+/m1/s1. The minimum atomic E-state index is -0.424. The lowest BCUT2D eigenvalue weighted by molar-refractivity contribution is 0.169. The molecular formula is C20H20N6O2. The van der Waals surface area contributed by atoms with Crippen molar-refractivity contribution in [2.75, 3.05) is 6.54 Å². The first-order valence-corrected chi connectivity index (χ1v) is 9.24. The second kappa shape index (κ2) is 6.81. The second-order valence-corrected chi connectivity index (χ2v) is 7.16. The summed E-state index contributed by atoms with van der Waals surface area (Å²) in [6.07, 6.45) is 7.08. The van der Waals surface area contributed by atoms with Crippen molar-refractivity contribution in [1.82, 2.24) is 29.6 Å². The first-order valence-electron chi connectivity index (χ1n) is 9.24. The van der Waals surface area contributed by atoms with E-state index >= 15 is 0 Å². The maximum atomic E-state index is 10.3. The zero-order valence-electron chi connectivity index (χ0n) is 15.4. The van der Waals surface area contributed by atoms with E-state index in [-0.39, 0.29) is 6.04 Å². The number of aliphatic hydroxyl groups excluding tert-OH is 1. The van der Waals surface area contributed by atoms with E-state index in [1.807, 2.05) is 19.2 Å². The lowest BCUT2D eigenvalue weighted by atomic mass is 10.1. The molecule has 0 saturated carbocycles. The topological polar surface area (TPSA) is 93.1 Å². The van der Waals surface area contributed by atoms with Crippen molar-refractivity contribution in [3.05, 3.63) is 60.5 Å². The third-order valence-corrected chi connectivity index (χ3v) is 5.25. The zero-order chi connectivity index (χ0) is 19.1. The van der Waals surface area contributed by atoms with Crippen molar-refractivity contribution in [1.29, 1.82) is 0 Å². The fourth-order valence-corrected chi connectivity index (χ4v) is 3.97. The monoisotopic (exact) mass is 376 g/mol. The molecule has 2 atom stereocenters. The highest BCUT2D eigenvalue weighted by molar-refractivity contribution is 5.83. The van der Waals surface area contributed by atoms with Gasteiger partial charge in [-0.1, -0.05) is 23.4 Å². The molecule has 0 bridgehead atoms. The van der Waals surface area contributed by atoms with Crippen molar-refractivity contribution in [2.24, 2.45) is 7.05 Å². The summed E-state index contributed by atoms with van der Waals surface area (Å²) < 4.78 is 7.66. The first kappa shape index (κ1) is 17.0. The van der Waals surface area contributed by atoms with Gasteiger partial charge in [-0.15, -0.1) is 0 Å². The Labute approximate surface area is 161 Å². The molecule has 8 nitrogen and oxygen atoms in total. The van der Waals surface area contributed by atoms with Gasteiger partial charge >= 0.3 is 0 Å². The van der Waals surface area contributed by atoms with Crippen LogP contribution < -0.4 is 0 Å². The largest absolute Gasteiger partial charge is 0.392 e. The minimum absolute atomic E-state index is 0.133. The normalized spacial score (nSPS) is 20.2. The fraction of sp³-hybridized carbons (Fsp3) is 0.300. The van der Waals surface area contributed by atoms with E-state index in [9.17, 15) is 5.11 Å². The van der Waals surface area contributed by atoms with Crippen LogP contribution in [0.4, 0.5) is 0 Å². The summed E-state index contributed by atoms with van der Waals surface area (Å²) >= 11 is 0. The molecule has 1 N–H and O–H groups in total. The number of likely N-dealkylation sites (tertiary alicyclic amines) is 1. The molecular weight excluding hydrogens is 356 g/mol. The van der Waals surface area contributed by atoms with Crippen molar-refractivity contribution < 1.29 is 9.63 Å². The van der Waals surface area contributed by atoms with Crippen molar-refractivity contribution in [2.45, 2.75) is 25.1 Å². The zero-order valence-corrected chi connectivity index (χ0v) is 15.4. The van der Waals surface area contributed by atoms with Crippen LogP contribution in [0.1, 0.15) is 23.9 Å². The Kier molecular flexibility index (Phi) is 4.14. The lowest BCUT2D eigenvalue weighted by Crippen LogP contribution is -2.24. The molecule has 0 radical (unpaired) electrons. The number of hydrogen-bond acceptors (Lipinski definition) is 7. The van der Waals surface area contributed by atoms with Gasteiger partial charge in [-0.05, 0) is 18.1 Å². The highest BCUT2D eigenvalue weighted by Crippen LogP contribution is 2.34. The number of rotatable bonds is 4. The molecule has 5 rings (SSSR count). The Balaban J connectivity index is 1.44. The summed E-state index contributed by atoms with van der Waals surface area (Å²) in [5.41, 5.74) is 2.97. The van der Waals surface area contributed by atoms with Gasteiger partial charge in [0.05, 0.1) is 18.3 Å². The molecule has 1 saturated heterocycles. The third kappa shape index (κ3) is 2.96. The molecule has 8 heteroatoms. The van der Waals surface area contributed by atoms with Gasteiger partial charge < -0.3 is 14.2 Å². The van der Waals surface area contributed by atoms with Crippen LogP contribution in [0.3, 0.4) is 0 Å². The third-order valence-electron chi connectivity index (χ3n) is 5.25. The predicted molar refractivity (Wildman–Crippen MR) is 102 cm³/mol. The number of fused-ring (bicyclic) bond motifs is 1. The van der Waals surface area contributed by atoms with E-state index < -0.39 is 6.10 Å². The molecule has 1 aliphatic rings. The second-order valence-electron chi connectivity index (χ2n) is 7.16. The highest BCUT2D eigenvalue weighted by Gasteiger charge is 2.36. The highest BCUT2D eigenvalue weighted by atomic mass is 16.5. The van der Waals surface area contributed by atoms with E-state index in [0.29, 0.717) is 36.9 Å². The molecule has 0 amide bonds. The molecule has 1 fully saturated rings. The SMILES string of the molecule is Cn1cc(CN2C[C@H](O)C[C@H]2c2nc(-c3cnccn3)no2)c2ccccc21. The van der Waals surface area contributed by atoms with Gasteiger partial charge in [-0.2, -0.15) is 4.98 Å². The molecule has 4 aromatic rings. The van der Waals surface area contributed by atoms with Gasteiger partial charge in [0, 0.05) is 49.6 Å². The Hall–Kier alpha value is -3.10. The van der Waals surface area contributed by atoms with Crippen LogP contribution in [0.5, 0.6) is 0 Å². The van der Waals surface area contributed by atoms with Gasteiger partial charge in [0.25, 0.3) is 0 Å². The maximum absolute atomic E-state index is 10.3. The van der Waals surface area contributed by atoms with Crippen LogP contribution in [0.15, 0.2) is 53.6 Å². The summed E-state index contributed by atoms with van der Waals surface area (Å²) in [5.74, 6) is 0.909. The van der Waals surface area contributed by atoms with E-state index in [0.717, 1.165) is 0 Å². The summed E-state index contributed by atoms with van der Waals surface area (Å²) in [6.45, 7) is 1.27. The van der Waals surface area contributed by atoms with Gasteiger partial charge in [-0.3, -0.25) is 9.88 Å². The van der Waals surface area contributed by atoms with Crippen LogP contribution in [0.2, 0.25) is 0 Å². The summed E-state index contributed by atoms with van der Waals surface area (Å²) in [4.78, 5) is 15.0. The number of nitrogens with zero attached hydrogens (tertiary/aromatic N) is 6. The Bertz CT molecular complexity index is 1110. The Morgan fingerprint density at radius 2 is 2.14 bits per heavy atom. The summed E-state index contributed by atoms with van der Waals surface area (Å²) in [5, 5.41) is 15.6. The Morgan fingerprint density at radius 1 is 1.25 bits per heavy atom. The molecule has 1 aliphatic heterocycles. The van der Waals surface area contributed by atoms with Gasteiger partial charge in [0.2, 0.25) is 11.7 Å². The summed E-state index contributed by atoms with van der Waals surface area (Å²) in [6, 6.07) is 8.20. The molecule has 28 heavy (non-hydrogen) atoms. The van der Waals surface area contributed by atoms with E-state index in [1.54, 1.807) is 18.6 Å². The minimum Gasteiger partial charge on any atom is -0.392 e. The smallest absolute Gasteiger partial charge is 0.244 e. The van der Waals surface area contributed by atoms with Crippen molar-refractivity contribution in [3.8, 4) is 11.5 Å². The molecule has 0 unspecified atom stereocenters.